The zero-order valence-corrected chi connectivity index (χ0v) is 20.3. The predicted octanol–water partition coefficient (Wildman–Crippen LogP) is 4.56. The fraction of sp³-hybridized carbons (Fsp3) is 0.464. The minimum absolute atomic E-state index is 0.0404. The van der Waals surface area contributed by atoms with Gasteiger partial charge in [0.25, 0.3) is 0 Å². The topological polar surface area (TPSA) is 105 Å². The van der Waals surface area contributed by atoms with Crippen LogP contribution in [0.3, 0.4) is 0 Å². The molecule has 2 aliphatic carbocycles. The number of fused-ring (bicyclic) bond motifs is 3. The Balaban J connectivity index is 1.37. The summed E-state index contributed by atoms with van der Waals surface area (Å²) in [6.07, 6.45) is 2.11. The molecule has 2 aromatic carbocycles. The number of carboxylic acids is 1. The molecular formula is C28H34N2O5. The first-order chi connectivity index (χ1) is 16.9. The molecule has 1 saturated carbocycles. The molecular weight excluding hydrogens is 444 g/mol. The van der Waals surface area contributed by atoms with E-state index in [-0.39, 0.29) is 36.7 Å². The molecule has 0 saturated heterocycles. The summed E-state index contributed by atoms with van der Waals surface area (Å²) >= 11 is 0. The lowest BCUT2D eigenvalue weighted by atomic mass is 9.96. The Bertz CT molecular complexity index is 1040. The molecule has 2 aliphatic rings. The first kappa shape index (κ1) is 24.8. The maximum absolute atomic E-state index is 13.0. The molecule has 0 bridgehead atoms. The quantitative estimate of drug-likeness (QED) is 0.439. The SMILES string of the molecule is CC[C@H](C)[C@H](NC(=O)OCC1c2ccccc2-c2ccccc21)C(=O)NCC(CC(=O)O)C1CC1. The van der Waals surface area contributed by atoms with Crippen molar-refractivity contribution in [3.8, 4) is 11.1 Å². The lowest BCUT2D eigenvalue weighted by Crippen LogP contribution is -2.51. The van der Waals surface area contributed by atoms with Crippen molar-refractivity contribution in [2.75, 3.05) is 13.2 Å². The second-order valence-electron chi connectivity index (χ2n) is 9.77. The second kappa shape index (κ2) is 10.9. The Morgan fingerprint density at radius 2 is 1.63 bits per heavy atom. The molecule has 2 amide bonds. The molecule has 1 fully saturated rings. The third kappa shape index (κ3) is 5.84. The number of benzene rings is 2. The molecule has 3 atom stereocenters. The van der Waals surface area contributed by atoms with E-state index in [1.807, 2.05) is 38.1 Å². The Labute approximate surface area is 206 Å². The van der Waals surface area contributed by atoms with Gasteiger partial charge in [-0.05, 0) is 52.8 Å². The molecule has 0 aromatic heterocycles. The Morgan fingerprint density at radius 1 is 1.03 bits per heavy atom. The highest BCUT2D eigenvalue weighted by molar-refractivity contribution is 5.86. The van der Waals surface area contributed by atoms with Gasteiger partial charge in [0.2, 0.25) is 5.91 Å². The van der Waals surface area contributed by atoms with E-state index in [2.05, 4.69) is 34.9 Å². The van der Waals surface area contributed by atoms with Gasteiger partial charge in [-0.25, -0.2) is 4.79 Å². The summed E-state index contributed by atoms with van der Waals surface area (Å²) in [5, 5.41) is 14.8. The van der Waals surface area contributed by atoms with Gasteiger partial charge >= 0.3 is 12.1 Å². The minimum Gasteiger partial charge on any atom is -0.481 e. The average Bonchev–Trinajstić information content (AvgIpc) is 3.66. The number of hydrogen-bond acceptors (Lipinski definition) is 4. The van der Waals surface area contributed by atoms with Crippen molar-refractivity contribution in [3.05, 3.63) is 59.7 Å². The van der Waals surface area contributed by atoms with Crippen molar-refractivity contribution in [1.29, 1.82) is 0 Å². The van der Waals surface area contributed by atoms with E-state index in [1.54, 1.807) is 0 Å². The molecule has 0 aliphatic heterocycles. The fourth-order valence-corrected chi connectivity index (χ4v) is 5.01. The molecule has 7 heteroatoms. The van der Waals surface area contributed by atoms with Crippen molar-refractivity contribution in [2.24, 2.45) is 17.8 Å². The van der Waals surface area contributed by atoms with Crippen molar-refractivity contribution < 1.29 is 24.2 Å². The number of carboxylic acid groups (broad SMARTS) is 1. The smallest absolute Gasteiger partial charge is 0.407 e. The first-order valence-electron chi connectivity index (χ1n) is 12.5. The van der Waals surface area contributed by atoms with E-state index in [9.17, 15) is 14.4 Å². The van der Waals surface area contributed by atoms with Crippen LogP contribution in [0.5, 0.6) is 0 Å². The fourth-order valence-electron chi connectivity index (χ4n) is 5.01. The van der Waals surface area contributed by atoms with Crippen LogP contribution in [0.15, 0.2) is 48.5 Å². The average molecular weight is 479 g/mol. The van der Waals surface area contributed by atoms with Gasteiger partial charge in [0.1, 0.15) is 12.6 Å². The first-order valence-corrected chi connectivity index (χ1v) is 12.5. The number of amides is 2. The molecule has 7 nitrogen and oxygen atoms in total. The van der Waals surface area contributed by atoms with Gasteiger partial charge in [0.05, 0.1) is 6.42 Å². The summed E-state index contributed by atoms with van der Waals surface area (Å²) in [7, 11) is 0. The van der Waals surface area contributed by atoms with Crippen LogP contribution in [-0.2, 0) is 14.3 Å². The number of nitrogens with one attached hydrogen (secondary N) is 2. The number of carbonyl (C=O) groups is 3. The molecule has 0 spiro atoms. The number of hydrogen-bond donors (Lipinski definition) is 3. The zero-order chi connectivity index (χ0) is 24.9. The van der Waals surface area contributed by atoms with Crippen LogP contribution in [0.4, 0.5) is 4.79 Å². The normalized spacial score (nSPS) is 17.0. The summed E-state index contributed by atoms with van der Waals surface area (Å²) < 4.78 is 5.63. The molecule has 2 aromatic rings. The number of ether oxygens (including phenoxy) is 1. The van der Waals surface area contributed by atoms with Gasteiger partial charge in [-0.1, -0.05) is 68.8 Å². The Kier molecular flexibility index (Phi) is 7.73. The third-order valence-corrected chi connectivity index (χ3v) is 7.38. The van der Waals surface area contributed by atoms with E-state index in [4.69, 9.17) is 9.84 Å². The summed E-state index contributed by atoms with van der Waals surface area (Å²) in [4.78, 5) is 36.9. The number of alkyl carbamates (subject to hydrolysis) is 1. The van der Waals surface area contributed by atoms with E-state index in [0.717, 1.165) is 35.1 Å². The summed E-state index contributed by atoms with van der Waals surface area (Å²) in [5.74, 6) is -1.05. The van der Waals surface area contributed by atoms with Crippen molar-refractivity contribution in [2.45, 2.75) is 51.5 Å². The molecule has 1 unspecified atom stereocenters. The molecule has 186 valence electrons. The van der Waals surface area contributed by atoms with Crippen LogP contribution in [0, 0.1) is 17.8 Å². The highest BCUT2D eigenvalue weighted by Crippen LogP contribution is 2.44. The molecule has 35 heavy (non-hydrogen) atoms. The van der Waals surface area contributed by atoms with E-state index in [0.29, 0.717) is 18.9 Å². The minimum atomic E-state index is -0.855. The van der Waals surface area contributed by atoms with Gasteiger partial charge in [-0.2, -0.15) is 0 Å². The molecule has 3 N–H and O–H groups in total. The lowest BCUT2D eigenvalue weighted by Gasteiger charge is -2.25. The van der Waals surface area contributed by atoms with Crippen LogP contribution in [0.25, 0.3) is 11.1 Å². The van der Waals surface area contributed by atoms with E-state index >= 15 is 0 Å². The van der Waals surface area contributed by atoms with Gasteiger partial charge in [-0.15, -0.1) is 0 Å². The van der Waals surface area contributed by atoms with Crippen molar-refractivity contribution in [1.82, 2.24) is 10.6 Å². The van der Waals surface area contributed by atoms with Crippen LogP contribution >= 0.6 is 0 Å². The van der Waals surface area contributed by atoms with Crippen LogP contribution in [0.2, 0.25) is 0 Å². The van der Waals surface area contributed by atoms with Gasteiger partial charge in [-0.3, -0.25) is 9.59 Å². The van der Waals surface area contributed by atoms with E-state index in [1.165, 1.54) is 0 Å². The monoisotopic (exact) mass is 478 g/mol. The van der Waals surface area contributed by atoms with Gasteiger partial charge in [0, 0.05) is 12.5 Å². The third-order valence-electron chi connectivity index (χ3n) is 7.38. The van der Waals surface area contributed by atoms with Crippen molar-refractivity contribution in [3.63, 3.8) is 0 Å². The maximum atomic E-state index is 13.0. The molecule has 4 rings (SSSR count). The second-order valence-corrected chi connectivity index (χ2v) is 9.77. The number of rotatable bonds is 11. The largest absolute Gasteiger partial charge is 0.481 e. The van der Waals surface area contributed by atoms with Crippen LogP contribution in [0.1, 0.15) is 56.6 Å². The Hall–Kier alpha value is -3.35. The molecule has 0 radical (unpaired) electrons. The predicted molar refractivity (Wildman–Crippen MR) is 133 cm³/mol. The standard InChI is InChI=1S/C28H34N2O5/c1-3-17(2)26(27(33)29-15-19(14-25(31)32)18-12-13-18)30-28(34)35-16-24-22-10-6-4-8-20(22)21-9-5-7-11-23(21)24/h4-11,17-19,24,26H,3,12-16H2,1-2H3,(H,29,33)(H,30,34)(H,31,32)/t17-,19?,26-/m0/s1. The lowest BCUT2D eigenvalue weighted by molar-refractivity contribution is -0.138. The summed E-state index contributed by atoms with van der Waals surface area (Å²) in [6.45, 7) is 4.34. The van der Waals surface area contributed by atoms with Crippen LogP contribution < -0.4 is 10.6 Å². The summed E-state index contributed by atoms with van der Waals surface area (Å²) in [6, 6.07) is 15.5. The number of aliphatic carboxylic acids is 1. The maximum Gasteiger partial charge on any atom is 0.407 e. The Morgan fingerprint density at radius 3 is 2.17 bits per heavy atom. The van der Waals surface area contributed by atoms with Crippen molar-refractivity contribution >= 4 is 18.0 Å². The van der Waals surface area contributed by atoms with E-state index < -0.39 is 18.1 Å². The zero-order valence-electron chi connectivity index (χ0n) is 20.3. The van der Waals surface area contributed by atoms with Gasteiger partial charge in [0.15, 0.2) is 0 Å². The van der Waals surface area contributed by atoms with Gasteiger partial charge < -0.3 is 20.5 Å². The highest BCUT2D eigenvalue weighted by atomic mass is 16.5. The summed E-state index contributed by atoms with van der Waals surface area (Å²) in [5.41, 5.74) is 4.56. The number of carbonyl (C=O) groups excluding carboxylic acids is 2. The highest BCUT2D eigenvalue weighted by Gasteiger charge is 2.34. The van der Waals surface area contributed by atoms with Crippen LogP contribution in [-0.4, -0.2) is 42.3 Å². The molecule has 0 heterocycles.